The number of fused-ring (bicyclic) bond motifs is 1. The zero-order chi connectivity index (χ0) is 23.2. The predicted molar refractivity (Wildman–Crippen MR) is 125 cm³/mol. The third-order valence-electron chi connectivity index (χ3n) is 6.54. The summed E-state index contributed by atoms with van der Waals surface area (Å²) in [6.45, 7) is 3.03. The Morgan fingerprint density at radius 3 is 2.67 bits per heavy atom. The molecule has 1 atom stereocenters. The second-order valence-electron chi connectivity index (χ2n) is 8.50. The number of ether oxygens (including phenoxy) is 2. The van der Waals surface area contributed by atoms with Crippen molar-refractivity contribution in [3.05, 3.63) is 65.7 Å². The summed E-state index contributed by atoms with van der Waals surface area (Å²) in [6.07, 6.45) is 7.20. The molecule has 1 aliphatic rings. The van der Waals surface area contributed by atoms with Crippen molar-refractivity contribution in [1.82, 2.24) is 15.3 Å². The summed E-state index contributed by atoms with van der Waals surface area (Å²) in [4.78, 5) is 21.3. The third-order valence-corrected chi connectivity index (χ3v) is 6.54. The Kier molecular flexibility index (Phi) is 7.50. The standard InChI is InChI=1S/C26H30FN3O3/c1-3-33-16-24(30-26(31)19-8-11-25(32-2)29-15-19)18-6-4-17(5-7-18)21-12-13-28-23-10-9-20(27)14-22(21)23/h8-15,17-18,24H,3-7,16H2,1-2H3,(H,30,31)/t17-,18+,24-/m1/s1. The fourth-order valence-corrected chi connectivity index (χ4v) is 4.76. The first-order chi connectivity index (χ1) is 16.1. The Balaban J connectivity index is 1.44. The number of hydrogen-bond acceptors (Lipinski definition) is 5. The molecular weight excluding hydrogens is 421 g/mol. The topological polar surface area (TPSA) is 73.3 Å². The minimum Gasteiger partial charge on any atom is -0.481 e. The van der Waals surface area contributed by atoms with Gasteiger partial charge in [-0.05, 0) is 80.3 Å². The van der Waals surface area contributed by atoms with E-state index in [4.69, 9.17) is 9.47 Å². The average molecular weight is 452 g/mol. The van der Waals surface area contributed by atoms with Crippen LogP contribution in [0.5, 0.6) is 5.88 Å². The number of pyridine rings is 2. The summed E-state index contributed by atoms with van der Waals surface area (Å²) < 4.78 is 24.7. The van der Waals surface area contributed by atoms with E-state index in [1.165, 1.54) is 12.3 Å². The second kappa shape index (κ2) is 10.7. The number of hydrogen-bond donors (Lipinski definition) is 1. The number of rotatable bonds is 8. The van der Waals surface area contributed by atoms with E-state index in [1.54, 1.807) is 31.4 Å². The van der Waals surface area contributed by atoms with Crippen LogP contribution < -0.4 is 10.1 Å². The van der Waals surface area contributed by atoms with Crippen molar-refractivity contribution in [2.24, 2.45) is 5.92 Å². The van der Waals surface area contributed by atoms with Crippen molar-refractivity contribution in [3.63, 3.8) is 0 Å². The Bertz CT molecular complexity index is 1080. The van der Waals surface area contributed by atoms with Crippen LogP contribution in [-0.2, 0) is 4.74 Å². The van der Waals surface area contributed by atoms with Gasteiger partial charge in [-0.2, -0.15) is 0 Å². The first-order valence-corrected chi connectivity index (χ1v) is 11.5. The van der Waals surface area contributed by atoms with Crippen LogP contribution in [0, 0.1) is 11.7 Å². The van der Waals surface area contributed by atoms with E-state index in [2.05, 4.69) is 15.3 Å². The van der Waals surface area contributed by atoms with Crippen molar-refractivity contribution >= 4 is 16.8 Å². The number of nitrogens with one attached hydrogen (secondary N) is 1. The predicted octanol–water partition coefficient (Wildman–Crippen LogP) is 4.89. The van der Waals surface area contributed by atoms with E-state index in [0.29, 0.717) is 36.5 Å². The molecule has 0 unspecified atom stereocenters. The van der Waals surface area contributed by atoms with Crippen molar-refractivity contribution in [1.29, 1.82) is 0 Å². The fourth-order valence-electron chi connectivity index (χ4n) is 4.76. The number of carbonyl (C=O) groups excluding carboxylic acids is 1. The van der Waals surface area contributed by atoms with Gasteiger partial charge in [0.2, 0.25) is 5.88 Å². The largest absolute Gasteiger partial charge is 0.481 e. The lowest BCUT2D eigenvalue weighted by Gasteiger charge is -2.34. The van der Waals surface area contributed by atoms with Gasteiger partial charge >= 0.3 is 0 Å². The molecule has 1 N–H and O–H groups in total. The summed E-state index contributed by atoms with van der Waals surface area (Å²) in [5.41, 5.74) is 2.48. The van der Waals surface area contributed by atoms with Crippen LogP contribution in [0.3, 0.4) is 0 Å². The molecule has 174 valence electrons. The molecule has 4 rings (SSSR count). The van der Waals surface area contributed by atoms with Crippen molar-refractivity contribution in [2.75, 3.05) is 20.3 Å². The van der Waals surface area contributed by atoms with Gasteiger partial charge in [-0.15, -0.1) is 0 Å². The van der Waals surface area contributed by atoms with Gasteiger partial charge in [-0.1, -0.05) is 0 Å². The van der Waals surface area contributed by atoms with Gasteiger partial charge < -0.3 is 14.8 Å². The van der Waals surface area contributed by atoms with Crippen LogP contribution in [0.4, 0.5) is 4.39 Å². The van der Waals surface area contributed by atoms with Gasteiger partial charge in [0.15, 0.2) is 0 Å². The number of benzene rings is 1. The van der Waals surface area contributed by atoms with Crippen LogP contribution in [0.25, 0.3) is 10.9 Å². The lowest BCUT2D eigenvalue weighted by atomic mass is 9.75. The highest BCUT2D eigenvalue weighted by atomic mass is 19.1. The highest BCUT2D eigenvalue weighted by molar-refractivity contribution is 5.94. The summed E-state index contributed by atoms with van der Waals surface area (Å²) >= 11 is 0. The molecule has 1 aromatic carbocycles. The zero-order valence-corrected chi connectivity index (χ0v) is 19.1. The molecule has 1 fully saturated rings. The lowest BCUT2D eigenvalue weighted by Crippen LogP contribution is -2.44. The Hall–Kier alpha value is -3.06. The number of aromatic nitrogens is 2. The molecule has 0 aliphatic heterocycles. The van der Waals surface area contributed by atoms with Gasteiger partial charge in [0.1, 0.15) is 5.82 Å². The first kappa shape index (κ1) is 23.1. The molecule has 1 aliphatic carbocycles. The molecule has 1 amide bonds. The molecule has 0 saturated heterocycles. The monoisotopic (exact) mass is 451 g/mol. The summed E-state index contributed by atoms with van der Waals surface area (Å²) in [7, 11) is 1.54. The number of halogens is 1. The first-order valence-electron chi connectivity index (χ1n) is 11.5. The maximum absolute atomic E-state index is 13.9. The van der Waals surface area contributed by atoms with Crippen molar-refractivity contribution in [2.45, 2.75) is 44.6 Å². The van der Waals surface area contributed by atoms with E-state index >= 15 is 0 Å². The zero-order valence-electron chi connectivity index (χ0n) is 19.1. The number of amides is 1. The maximum atomic E-state index is 13.9. The molecule has 2 aromatic heterocycles. The number of methoxy groups -OCH3 is 1. The SMILES string of the molecule is CCOC[C@@H](NC(=O)c1ccc(OC)nc1)[C@H]1CC[C@@H](c2ccnc3ccc(F)cc32)CC1. The van der Waals surface area contributed by atoms with E-state index in [-0.39, 0.29) is 17.8 Å². The maximum Gasteiger partial charge on any atom is 0.253 e. The normalized spacial score (nSPS) is 19.2. The lowest BCUT2D eigenvalue weighted by molar-refractivity contribution is 0.0730. The molecule has 33 heavy (non-hydrogen) atoms. The molecule has 7 heteroatoms. The van der Waals surface area contributed by atoms with E-state index < -0.39 is 0 Å². The van der Waals surface area contributed by atoms with Crippen LogP contribution in [0.1, 0.15) is 54.4 Å². The minimum absolute atomic E-state index is 0.0767. The van der Waals surface area contributed by atoms with E-state index in [1.807, 2.05) is 19.2 Å². The van der Waals surface area contributed by atoms with Gasteiger partial charge in [0.05, 0.1) is 30.8 Å². The Morgan fingerprint density at radius 2 is 1.97 bits per heavy atom. The highest BCUT2D eigenvalue weighted by Crippen LogP contribution is 2.39. The van der Waals surface area contributed by atoms with Crippen LogP contribution in [0.2, 0.25) is 0 Å². The molecule has 1 saturated carbocycles. The van der Waals surface area contributed by atoms with Gasteiger partial charge in [-0.25, -0.2) is 9.37 Å². The van der Waals surface area contributed by atoms with E-state index in [9.17, 15) is 9.18 Å². The average Bonchev–Trinajstić information content (AvgIpc) is 2.86. The van der Waals surface area contributed by atoms with Crippen LogP contribution in [0.15, 0.2) is 48.8 Å². The van der Waals surface area contributed by atoms with Crippen LogP contribution >= 0.6 is 0 Å². The van der Waals surface area contributed by atoms with Gasteiger partial charge in [-0.3, -0.25) is 9.78 Å². The minimum atomic E-state index is -0.238. The van der Waals surface area contributed by atoms with Crippen LogP contribution in [-0.4, -0.2) is 42.2 Å². The molecule has 0 bridgehead atoms. The molecule has 0 radical (unpaired) electrons. The second-order valence-corrected chi connectivity index (χ2v) is 8.50. The molecular formula is C26H30FN3O3. The van der Waals surface area contributed by atoms with Gasteiger partial charge in [0, 0.05) is 30.5 Å². The Labute approximate surface area is 193 Å². The molecule has 2 heterocycles. The molecule has 3 aromatic rings. The van der Waals surface area contributed by atoms with Gasteiger partial charge in [0.25, 0.3) is 5.91 Å². The third kappa shape index (κ3) is 5.47. The molecule has 6 nitrogen and oxygen atoms in total. The fraction of sp³-hybridized carbons (Fsp3) is 0.423. The van der Waals surface area contributed by atoms with E-state index in [0.717, 1.165) is 42.1 Å². The molecule has 0 spiro atoms. The number of carbonyl (C=O) groups is 1. The number of nitrogens with zero attached hydrogens (tertiary/aromatic N) is 2. The van der Waals surface area contributed by atoms with Crippen molar-refractivity contribution < 1.29 is 18.7 Å². The summed E-state index contributed by atoms with van der Waals surface area (Å²) in [5, 5.41) is 4.06. The quantitative estimate of drug-likeness (QED) is 0.528. The Morgan fingerprint density at radius 1 is 1.15 bits per heavy atom. The smallest absolute Gasteiger partial charge is 0.253 e. The van der Waals surface area contributed by atoms with Crippen molar-refractivity contribution in [3.8, 4) is 5.88 Å². The highest BCUT2D eigenvalue weighted by Gasteiger charge is 2.30. The summed E-state index contributed by atoms with van der Waals surface area (Å²) in [5.74, 6) is 0.736. The summed E-state index contributed by atoms with van der Waals surface area (Å²) in [6, 6.07) is 10.1.